The highest BCUT2D eigenvalue weighted by molar-refractivity contribution is 5.84. The van der Waals surface area contributed by atoms with Gasteiger partial charge in [0.1, 0.15) is 5.75 Å². The summed E-state index contributed by atoms with van der Waals surface area (Å²) in [4.78, 5) is 12.2. The SMILES string of the molecule is COc1ccc(C2C[C@H](c3ccccc3)[C@@H](N)C(=O)N2)cc1. The number of nitrogens with two attached hydrogens (primary N) is 1. The van der Waals surface area contributed by atoms with E-state index in [9.17, 15) is 4.79 Å². The average Bonchev–Trinajstić information content (AvgIpc) is 2.58. The molecule has 0 saturated carbocycles. The Balaban J connectivity index is 1.85. The van der Waals surface area contributed by atoms with Crippen molar-refractivity contribution in [3.8, 4) is 5.75 Å². The van der Waals surface area contributed by atoms with Crippen LogP contribution in [-0.4, -0.2) is 19.1 Å². The summed E-state index contributed by atoms with van der Waals surface area (Å²) in [6.07, 6.45) is 0.795. The van der Waals surface area contributed by atoms with Crippen LogP contribution < -0.4 is 15.8 Å². The molecular weight excluding hydrogens is 276 g/mol. The van der Waals surface area contributed by atoms with Crippen LogP contribution in [0, 0.1) is 0 Å². The molecule has 0 bridgehead atoms. The Bertz CT molecular complexity index is 640. The van der Waals surface area contributed by atoms with E-state index < -0.39 is 6.04 Å². The molecule has 0 spiro atoms. The Morgan fingerprint density at radius 2 is 1.73 bits per heavy atom. The summed E-state index contributed by atoms with van der Waals surface area (Å²) in [6.45, 7) is 0. The van der Waals surface area contributed by atoms with Crippen LogP contribution in [0.2, 0.25) is 0 Å². The molecule has 1 unspecified atom stereocenters. The number of benzene rings is 2. The normalized spacial score (nSPS) is 24.6. The second-order valence-electron chi connectivity index (χ2n) is 5.61. The number of rotatable bonds is 3. The van der Waals surface area contributed by atoms with Crippen LogP contribution in [0.1, 0.15) is 29.5 Å². The molecule has 0 aromatic heterocycles. The van der Waals surface area contributed by atoms with E-state index in [0.717, 1.165) is 23.3 Å². The van der Waals surface area contributed by atoms with Crippen LogP contribution in [0.25, 0.3) is 0 Å². The summed E-state index contributed by atoms with van der Waals surface area (Å²) in [6, 6.07) is 17.3. The third kappa shape index (κ3) is 2.83. The molecule has 22 heavy (non-hydrogen) atoms. The minimum Gasteiger partial charge on any atom is -0.497 e. The predicted molar refractivity (Wildman–Crippen MR) is 85.7 cm³/mol. The molecular formula is C18H20N2O2. The van der Waals surface area contributed by atoms with Crippen molar-refractivity contribution in [2.45, 2.75) is 24.4 Å². The lowest BCUT2D eigenvalue weighted by Crippen LogP contribution is -2.51. The first-order chi connectivity index (χ1) is 10.7. The predicted octanol–water partition coefficient (Wildman–Crippen LogP) is 2.37. The molecule has 4 nitrogen and oxygen atoms in total. The number of methoxy groups -OCH3 is 1. The van der Waals surface area contributed by atoms with E-state index in [1.54, 1.807) is 7.11 Å². The molecule has 1 aliphatic heterocycles. The lowest BCUT2D eigenvalue weighted by atomic mass is 9.81. The van der Waals surface area contributed by atoms with Crippen molar-refractivity contribution < 1.29 is 9.53 Å². The van der Waals surface area contributed by atoms with E-state index in [2.05, 4.69) is 5.32 Å². The lowest BCUT2D eigenvalue weighted by molar-refractivity contribution is -0.125. The smallest absolute Gasteiger partial charge is 0.238 e. The fraction of sp³-hybridized carbons (Fsp3) is 0.278. The van der Waals surface area contributed by atoms with Gasteiger partial charge < -0.3 is 15.8 Å². The van der Waals surface area contributed by atoms with E-state index in [-0.39, 0.29) is 17.9 Å². The molecule has 3 N–H and O–H groups in total. The number of amides is 1. The molecule has 114 valence electrons. The topological polar surface area (TPSA) is 64.3 Å². The average molecular weight is 296 g/mol. The Morgan fingerprint density at radius 3 is 2.36 bits per heavy atom. The molecule has 3 atom stereocenters. The highest BCUT2D eigenvalue weighted by Gasteiger charge is 2.35. The number of nitrogens with one attached hydrogen (secondary N) is 1. The summed E-state index contributed by atoms with van der Waals surface area (Å²) in [7, 11) is 1.64. The van der Waals surface area contributed by atoms with Crippen LogP contribution in [0.3, 0.4) is 0 Å². The molecule has 1 saturated heterocycles. The largest absolute Gasteiger partial charge is 0.497 e. The standard InChI is InChI=1S/C18H20N2O2/c1-22-14-9-7-13(8-10-14)16-11-15(17(19)18(21)20-16)12-5-3-2-4-6-12/h2-10,15-17H,11,19H2,1H3,(H,20,21)/t15-,16?,17-/m1/s1. The maximum absolute atomic E-state index is 12.2. The maximum Gasteiger partial charge on any atom is 0.238 e. The first-order valence-corrected chi connectivity index (χ1v) is 7.44. The number of piperidine rings is 1. The molecule has 4 heteroatoms. The Hall–Kier alpha value is -2.33. The van der Waals surface area contributed by atoms with Crippen molar-refractivity contribution in [1.29, 1.82) is 0 Å². The van der Waals surface area contributed by atoms with Crippen LogP contribution in [-0.2, 0) is 4.79 Å². The van der Waals surface area contributed by atoms with Gasteiger partial charge in [-0.15, -0.1) is 0 Å². The molecule has 1 amide bonds. The zero-order valence-electron chi connectivity index (χ0n) is 12.5. The van der Waals surface area contributed by atoms with Gasteiger partial charge in [-0.3, -0.25) is 4.79 Å². The van der Waals surface area contributed by atoms with Gasteiger partial charge >= 0.3 is 0 Å². The second kappa shape index (κ2) is 6.20. The van der Waals surface area contributed by atoms with E-state index in [1.807, 2.05) is 54.6 Å². The van der Waals surface area contributed by atoms with Gasteiger partial charge in [0.2, 0.25) is 5.91 Å². The molecule has 1 fully saturated rings. The van der Waals surface area contributed by atoms with E-state index in [0.29, 0.717) is 0 Å². The van der Waals surface area contributed by atoms with Crippen molar-refractivity contribution in [1.82, 2.24) is 5.32 Å². The highest BCUT2D eigenvalue weighted by Crippen LogP contribution is 2.34. The van der Waals surface area contributed by atoms with E-state index in [4.69, 9.17) is 10.5 Å². The van der Waals surface area contributed by atoms with Crippen molar-refractivity contribution in [2.75, 3.05) is 7.11 Å². The minimum absolute atomic E-state index is 0.0246. The first-order valence-electron chi connectivity index (χ1n) is 7.44. The van der Waals surface area contributed by atoms with Gasteiger partial charge in [0.25, 0.3) is 0 Å². The van der Waals surface area contributed by atoms with Crippen LogP contribution >= 0.6 is 0 Å². The fourth-order valence-corrected chi connectivity index (χ4v) is 3.01. The van der Waals surface area contributed by atoms with Gasteiger partial charge in [0, 0.05) is 5.92 Å². The number of carbonyl (C=O) groups excluding carboxylic acids is 1. The van der Waals surface area contributed by atoms with Gasteiger partial charge in [0.15, 0.2) is 0 Å². The summed E-state index contributed by atoms with van der Waals surface area (Å²) in [5, 5.41) is 3.01. The van der Waals surface area contributed by atoms with Gasteiger partial charge in [-0.2, -0.15) is 0 Å². The minimum atomic E-state index is -0.503. The van der Waals surface area contributed by atoms with Crippen molar-refractivity contribution in [3.05, 3.63) is 65.7 Å². The number of hydrogen-bond donors (Lipinski definition) is 2. The van der Waals surface area contributed by atoms with E-state index >= 15 is 0 Å². The second-order valence-corrected chi connectivity index (χ2v) is 5.61. The summed E-state index contributed by atoms with van der Waals surface area (Å²) in [5.41, 5.74) is 8.29. The van der Waals surface area contributed by atoms with Crippen LogP contribution in [0.15, 0.2) is 54.6 Å². The number of hydrogen-bond acceptors (Lipinski definition) is 3. The fourth-order valence-electron chi connectivity index (χ4n) is 3.01. The molecule has 1 aliphatic rings. The van der Waals surface area contributed by atoms with Gasteiger partial charge in [-0.25, -0.2) is 0 Å². The quantitative estimate of drug-likeness (QED) is 0.914. The molecule has 0 aliphatic carbocycles. The Kier molecular flexibility index (Phi) is 4.11. The van der Waals surface area contributed by atoms with Gasteiger partial charge in [-0.1, -0.05) is 42.5 Å². The van der Waals surface area contributed by atoms with Gasteiger partial charge in [0.05, 0.1) is 19.2 Å². The van der Waals surface area contributed by atoms with Crippen molar-refractivity contribution in [3.63, 3.8) is 0 Å². The Labute approximate surface area is 130 Å². The third-order valence-electron chi connectivity index (χ3n) is 4.29. The Morgan fingerprint density at radius 1 is 1.05 bits per heavy atom. The first kappa shape index (κ1) is 14.6. The molecule has 3 rings (SSSR count). The molecule has 1 heterocycles. The van der Waals surface area contributed by atoms with E-state index in [1.165, 1.54) is 0 Å². The zero-order valence-corrected chi connectivity index (χ0v) is 12.5. The third-order valence-corrected chi connectivity index (χ3v) is 4.29. The maximum atomic E-state index is 12.2. The highest BCUT2D eigenvalue weighted by atomic mass is 16.5. The van der Waals surface area contributed by atoms with Crippen LogP contribution in [0.5, 0.6) is 5.75 Å². The van der Waals surface area contributed by atoms with Crippen molar-refractivity contribution in [2.24, 2.45) is 5.73 Å². The number of carbonyl (C=O) groups is 1. The molecule has 2 aromatic rings. The monoisotopic (exact) mass is 296 g/mol. The molecule has 2 aromatic carbocycles. The summed E-state index contributed by atoms with van der Waals surface area (Å²) < 4.78 is 5.18. The summed E-state index contributed by atoms with van der Waals surface area (Å²) >= 11 is 0. The van der Waals surface area contributed by atoms with Crippen LogP contribution in [0.4, 0.5) is 0 Å². The summed E-state index contributed by atoms with van der Waals surface area (Å²) in [5.74, 6) is 0.741. The zero-order chi connectivity index (χ0) is 15.5. The number of ether oxygens (including phenoxy) is 1. The van der Waals surface area contributed by atoms with Gasteiger partial charge in [-0.05, 0) is 29.7 Å². The lowest BCUT2D eigenvalue weighted by Gasteiger charge is -2.35. The van der Waals surface area contributed by atoms with Crippen molar-refractivity contribution >= 4 is 5.91 Å². The molecule has 0 radical (unpaired) electrons.